The number of rotatable bonds is 9. The molecule has 0 aliphatic heterocycles. The lowest BCUT2D eigenvalue weighted by atomic mass is 10.0. The van der Waals surface area contributed by atoms with Crippen LogP contribution in [-0.4, -0.2) is 46.9 Å². The second-order valence-electron chi connectivity index (χ2n) is 6.99. The molecule has 0 heterocycles. The van der Waals surface area contributed by atoms with E-state index in [1.54, 1.807) is 26.0 Å². The van der Waals surface area contributed by atoms with Crippen LogP contribution in [0.4, 0.5) is 0 Å². The summed E-state index contributed by atoms with van der Waals surface area (Å²) in [5.74, 6) is -2.35. The number of aromatic hydroxyl groups is 1. The van der Waals surface area contributed by atoms with E-state index in [1.807, 2.05) is 0 Å². The topological polar surface area (TPSA) is 151 Å². The van der Waals surface area contributed by atoms with Gasteiger partial charge < -0.3 is 26.8 Å². The van der Waals surface area contributed by atoms with Gasteiger partial charge in [0.15, 0.2) is 0 Å². The van der Waals surface area contributed by atoms with Crippen LogP contribution in [0.5, 0.6) is 5.75 Å². The van der Waals surface area contributed by atoms with Crippen LogP contribution >= 0.6 is 0 Å². The molecule has 9 heteroatoms. The highest BCUT2D eigenvalue weighted by Crippen LogP contribution is 2.12. The van der Waals surface area contributed by atoms with Crippen LogP contribution in [0.2, 0.25) is 0 Å². The first kappa shape index (κ1) is 22.9. The fraction of sp³-hybridized carbons (Fsp3) is 0.474. The Kier molecular flexibility index (Phi) is 8.43. The molecular weight excluding hydrogens is 364 g/mol. The van der Waals surface area contributed by atoms with Crippen molar-refractivity contribution in [1.82, 2.24) is 16.0 Å². The average molecular weight is 392 g/mol. The third-order valence-electron chi connectivity index (χ3n) is 4.10. The van der Waals surface area contributed by atoms with Crippen molar-refractivity contribution in [2.45, 2.75) is 52.2 Å². The lowest BCUT2D eigenvalue weighted by Crippen LogP contribution is -2.57. The SMILES string of the molecule is CC(=O)N[C@@H](Cc1ccc(O)cc1)C(=O)N[C@H](C(=O)N[C@@H](C)C(N)=O)C(C)C. The summed E-state index contributed by atoms with van der Waals surface area (Å²) in [6.45, 7) is 6.22. The van der Waals surface area contributed by atoms with E-state index in [9.17, 15) is 24.3 Å². The fourth-order valence-corrected chi connectivity index (χ4v) is 2.49. The van der Waals surface area contributed by atoms with Gasteiger partial charge in [-0.1, -0.05) is 26.0 Å². The van der Waals surface area contributed by atoms with Gasteiger partial charge in [-0.2, -0.15) is 0 Å². The van der Waals surface area contributed by atoms with Crippen molar-refractivity contribution in [1.29, 1.82) is 0 Å². The molecule has 1 rings (SSSR count). The zero-order chi connectivity index (χ0) is 21.4. The summed E-state index contributed by atoms with van der Waals surface area (Å²) < 4.78 is 0. The van der Waals surface area contributed by atoms with Crippen LogP contribution < -0.4 is 21.7 Å². The lowest BCUT2D eigenvalue weighted by molar-refractivity contribution is -0.133. The van der Waals surface area contributed by atoms with Gasteiger partial charge in [-0.05, 0) is 30.5 Å². The predicted octanol–water partition coefficient (Wildman–Crippen LogP) is -0.430. The molecule has 3 atom stereocenters. The van der Waals surface area contributed by atoms with Gasteiger partial charge in [-0.25, -0.2) is 0 Å². The Morgan fingerprint density at radius 2 is 1.54 bits per heavy atom. The molecule has 0 bridgehead atoms. The molecule has 0 spiro atoms. The summed E-state index contributed by atoms with van der Waals surface area (Å²) >= 11 is 0. The first-order valence-corrected chi connectivity index (χ1v) is 8.96. The van der Waals surface area contributed by atoms with Gasteiger partial charge in [0, 0.05) is 13.3 Å². The maximum Gasteiger partial charge on any atom is 0.243 e. The number of carbonyl (C=O) groups is 4. The van der Waals surface area contributed by atoms with Crippen molar-refractivity contribution in [3.63, 3.8) is 0 Å². The number of phenolic OH excluding ortho intramolecular Hbond substituents is 1. The molecule has 0 radical (unpaired) electrons. The number of primary amides is 1. The molecule has 0 aliphatic carbocycles. The van der Waals surface area contributed by atoms with Gasteiger partial charge in [-0.15, -0.1) is 0 Å². The third kappa shape index (κ3) is 7.26. The fourth-order valence-electron chi connectivity index (χ4n) is 2.49. The van der Waals surface area contributed by atoms with Crippen LogP contribution in [0.3, 0.4) is 0 Å². The van der Waals surface area contributed by atoms with Crippen LogP contribution in [-0.2, 0) is 25.6 Å². The number of amides is 4. The van der Waals surface area contributed by atoms with Gasteiger partial charge in [-0.3, -0.25) is 19.2 Å². The average Bonchev–Trinajstić information content (AvgIpc) is 2.59. The van der Waals surface area contributed by atoms with E-state index >= 15 is 0 Å². The van der Waals surface area contributed by atoms with Crippen molar-refractivity contribution in [3.05, 3.63) is 29.8 Å². The maximum absolute atomic E-state index is 12.7. The zero-order valence-electron chi connectivity index (χ0n) is 16.5. The Morgan fingerprint density at radius 3 is 2.00 bits per heavy atom. The van der Waals surface area contributed by atoms with E-state index in [0.717, 1.165) is 5.56 Å². The number of phenols is 1. The van der Waals surface area contributed by atoms with Crippen molar-refractivity contribution in [2.75, 3.05) is 0 Å². The van der Waals surface area contributed by atoms with Crippen LogP contribution in [0.1, 0.15) is 33.3 Å². The van der Waals surface area contributed by atoms with E-state index in [-0.39, 0.29) is 18.1 Å². The Morgan fingerprint density at radius 1 is 0.964 bits per heavy atom. The molecule has 0 aromatic heterocycles. The van der Waals surface area contributed by atoms with E-state index in [4.69, 9.17) is 5.73 Å². The minimum absolute atomic E-state index is 0.0874. The van der Waals surface area contributed by atoms with Crippen LogP contribution in [0, 0.1) is 5.92 Å². The minimum atomic E-state index is -0.912. The molecule has 1 aromatic rings. The highest BCUT2D eigenvalue weighted by molar-refractivity contribution is 5.93. The molecule has 0 aliphatic rings. The summed E-state index contributed by atoms with van der Waals surface area (Å²) in [6, 6.07) is 3.53. The largest absolute Gasteiger partial charge is 0.508 e. The molecule has 6 N–H and O–H groups in total. The van der Waals surface area contributed by atoms with Crippen molar-refractivity contribution < 1.29 is 24.3 Å². The van der Waals surface area contributed by atoms with Gasteiger partial charge in [0.2, 0.25) is 23.6 Å². The Balaban J connectivity index is 2.92. The van der Waals surface area contributed by atoms with E-state index in [1.165, 1.54) is 26.0 Å². The Labute approximate surface area is 164 Å². The molecule has 4 amide bonds. The number of hydrogen-bond acceptors (Lipinski definition) is 5. The maximum atomic E-state index is 12.7. The Hall–Kier alpha value is -3.10. The normalized spacial score (nSPS) is 13.9. The smallest absolute Gasteiger partial charge is 0.243 e. The Bertz CT molecular complexity index is 718. The van der Waals surface area contributed by atoms with E-state index in [0.29, 0.717) is 0 Å². The molecule has 28 heavy (non-hydrogen) atoms. The van der Waals surface area contributed by atoms with Gasteiger partial charge in [0.25, 0.3) is 0 Å². The lowest BCUT2D eigenvalue weighted by Gasteiger charge is -2.26. The molecule has 0 saturated heterocycles. The minimum Gasteiger partial charge on any atom is -0.508 e. The zero-order valence-corrected chi connectivity index (χ0v) is 16.5. The van der Waals surface area contributed by atoms with Gasteiger partial charge in [0.1, 0.15) is 23.9 Å². The molecule has 0 unspecified atom stereocenters. The van der Waals surface area contributed by atoms with Crippen molar-refractivity contribution in [2.24, 2.45) is 11.7 Å². The highest BCUT2D eigenvalue weighted by atomic mass is 16.3. The summed E-state index contributed by atoms with van der Waals surface area (Å²) in [4.78, 5) is 47.8. The van der Waals surface area contributed by atoms with E-state index in [2.05, 4.69) is 16.0 Å². The summed E-state index contributed by atoms with van der Waals surface area (Å²) in [7, 11) is 0. The number of nitrogens with one attached hydrogen (secondary N) is 3. The first-order valence-electron chi connectivity index (χ1n) is 8.96. The van der Waals surface area contributed by atoms with Crippen molar-refractivity contribution >= 4 is 23.6 Å². The number of nitrogens with two attached hydrogens (primary N) is 1. The molecule has 154 valence electrons. The summed E-state index contributed by atoms with van der Waals surface area (Å²) in [5, 5.41) is 17.0. The quantitative estimate of drug-likeness (QED) is 0.386. The predicted molar refractivity (Wildman–Crippen MR) is 103 cm³/mol. The highest BCUT2D eigenvalue weighted by Gasteiger charge is 2.29. The molecule has 0 saturated carbocycles. The third-order valence-corrected chi connectivity index (χ3v) is 4.10. The van der Waals surface area contributed by atoms with Crippen LogP contribution in [0.15, 0.2) is 24.3 Å². The second-order valence-corrected chi connectivity index (χ2v) is 6.99. The van der Waals surface area contributed by atoms with E-state index < -0.39 is 41.8 Å². The molecule has 0 fully saturated rings. The summed E-state index contributed by atoms with van der Waals surface area (Å²) in [5.41, 5.74) is 5.88. The number of hydrogen-bond donors (Lipinski definition) is 5. The van der Waals surface area contributed by atoms with Crippen LogP contribution in [0.25, 0.3) is 0 Å². The number of benzene rings is 1. The number of carbonyl (C=O) groups excluding carboxylic acids is 4. The molecule has 9 nitrogen and oxygen atoms in total. The van der Waals surface area contributed by atoms with Gasteiger partial charge >= 0.3 is 0 Å². The summed E-state index contributed by atoms with van der Waals surface area (Å²) in [6.07, 6.45) is 0.176. The second kappa shape index (κ2) is 10.3. The molecule has 1 aromatic carbocycles. The standard InChI is InChI=1S/C19H28N4O5/c1-10(2)16(19(28)21-11(3)17(20)26)23-18(27)15(22-12(4)24)9-13-5-7-14(25)8-6-13/h5-8,10-11,15-16,25H,9H2,1-4H3,(H2,20,26)(H,21,28)(H,22,24)(H,23,27)/t11-,15-,16-/m0/s1. The monoisotopic (exact) mass is 392 g/mol. The first-order chi connectivity index (χ1) is 13.0. The van der Waals surface area contributed by atoms with Gasteiger partial charge in [0.05, 0.1) is 0 Å². The molecular formula is C19H28N4O5. The van der Waals surface area contributed by atoms with Crippen molar-refractivity contribution in [3.8, 4) is 5.75 Å².